The number of ether oxygens (including phenoxy) is 1. The molecule has 2 aromatic carbocycles. The van der Waals surface area contributed by atoms with E-state index in [0.717, 1.165) is 11.6 Å². The fourth-order valence-corrected chi connectivity index (χ4v) is 2.04. The summed E-state index contributed by atoms with van der Waals surface area (Å²) in [7, 11) is 0. The van der Waals surface area contributed by atoms with Crippen molar-refractivity contribution in [1.29, 1.82) is 0 Å². The number of carboxylic acid groups (broad SMARTS) is 1. The molecule has 0 spiro atoms. The van der Waals surface area contributed by atoms with Crippen LogP contribution in [0.15, 0.2) is 42.5 Å². The summed E-state index contributed by atoms with van der Waals surface area (Å²) in [5, 5.41) is 9.69. The molecule has 0 unspecified atom stereocenters. The maximum Gasteiger partial charge on any atom is 0.328 e. The second kappa shape index (κ2) is 6.66. The van der Waals surface area contributed by atoms with Crippen LogP contribution >= 0.6 is 23.2 Å². The summed E-state index contributed by atoms with van der Waals surface area (Å²) < 4.78 is 5.69. The Bertz CT molecular complexity index is 709. The van der Waals surface area contributed by atoms with Crippen LogP contribution in [-0.2, 0) is 4.79 Å². The summed E-state index contributed by atoms with van der Waals surface area (Å²) >= 11 is 12.0. The molecule has 2 rings (SSSR count). The highest BCUT2D eigenvalue weighted by Gasteiger charge is 2.04. The van der Waals surface area contributed by atoms with Crippen LogP contribution in [0, 0.1) is 6.92 Å². The lowest BCUT2D eigenvalue weighted by molar-refractivity contribution is -0.131. The van der Waals surface area contributed by atoms with Crippen LogP contribution in [0.4, 0.5) is 0 Å². The molecule has 0 aliphatic heterocycles. The Morgan fingerprint density at radius 2 is 1.76 bits per heavy atom. The lowest BCUT2D eigenvalue weighted by Gasteiger charge is -2.08. The van der Waals surface area contributed by atoms with E-state index in [2.05, 4.69) is 0 Å². The molecule has 0 bridgehead atoms. The van der Waals surface area contributed by atoms with Gasteiger partial charge in [0.25, 0.3) is 0 Å². The van der Waals surface area contributed by atoms with E-state index in [1.165, 1.54) is 6.08 Å². The minimum atomic E-state index is -1.02. The lowest BCUT2D eigenvalue weighted by atomic mass is 10.2. The Labute approximate surface area is 132 Å². The largest absolute Gasteiger partial charge is 0.478 e. The summed E-state index contributed by atoms with van der Waals surface area (Å²) in [5.74, 6) is 0.194. The Morgan fingerprint density at radius 3 is 2.38 bits per heavy atom. The van der Waals surface area contributed by atoms with Gasteiger partial charge in [0.2, 0.25) is 0 Å². The van der Waals surface area contributed by atoms with Crippen molar-refractivity contribution in [3.05, 3.63) is 63.6 Å². The minimum Gasteiger partial charge on any atom is -0.478 e. The third-order valence-corrected chi connectivity index (χ3v) is 3.49. The van der Waals surface area contributed by atoms with E-state index in [9.17, 15) is 4.79 Å². The number of carbonyl (C=O) groups is 1. The number of hydrogen-bond acceptors (Lipinski definition) is 2. The number of rotatable bonds is 4. The normalized spacial score (nSPS) is 10.8. The molecule has 1 N–H and O–H groups in total. The van der Waals surface area contributed by atoms with Gasteiger partial charge in [-0.2, -0.15) is 0 Å². The predicted molar refractivity (Wildman–Crippen MR) is 84.4 cm³/mol. The summed E-state index contributed by atoms with van der Waals surface area (Å²) in [6, 6.07) is 10.4. The predicted octanol–water partition coefficient (Wildman–Crippen LogP) is 5.19. The van der Waals surface area contributed by atoms with Crippen molar-refractivity contribution in [1.82, 2.24) is 0 Å². The smallest absolute Gasteiger partial charge is 0.328 e. The Kier molecular flexibility index (Phi) is 4.89. The zero-order valence-electron chi connectivity index (χ0n) is 11.1. The minimum absolute atomic E-state index is 0.413. The molecular formula is C16H12Cl2O3. The van der Waals surface area contributed by atoms with Crippen molar-refractivity contribution >= 4 is 35.2 Å². The third-order valence-electron chi connectivity index (χ3n) is 2.74. The van der Waals surface area contributed by atoms with Crippen molar-refractivity contribution in [2.45, 2.75) is 6.92 Å². The van der Waals surface area contributed by atoms with Crippen LogP contribution < -0.4 is 4.74 Å². The first-order chi connectivity index (χ1) is 9.95. The molecule has 0 atom stereocenters. The maximum absolute atomic E-state index is 10.5. The zero-order valence-corrected chi connectivity index (χ0v) is 12.7. The highest BCUT2D eigenvalue weighted by atomic mass is 35.5. The topological polar surface area (TPSA) is 46.5 Å². The standard InChI is InChI=1S/C16H12Cl2O3/c1-10-8-12(5-6-14(10)17)21-13-4-2-11(15(18)9-13)3-7-16(19)20/h2-9H,1H3,(H,19,20)/b7-3+. The van der Waals surface area contributed by atoms with Crippen LogP contribution in [-0.4, -0.2) is 11.1 Å². The molecule has 21 heavy (non-hydrogen) atoms. The molecule has 3 nitrogen and oxygen atoms in total. The molecule has 0 saturated carbocycles. The monoisotopic (exact) mass is 322 g/mol. The molecule has 0 heterocycles. The van der Waals surface area contributed by atoms with Crippen LogP contribution in [0.3, 0.4) is 0 Å². The van der Waals surface area contributed by atoms with Crippen LogP contribution in [0.2, 0.25) is 10.0 Å². The Morgan fingerprint density at radius 1 is 1.10 bits per heavy atom. The molecular weight excluding hydrogens is 311 g/mol. The molecule has 0 radical (unpaired) electrons. The van der Waals surface area contributed by atoms with E-state index in [4.69, 9.17) is 33.0 Å². The Balaban J connectivity index is 2.20. The molecule has 0 aliphatic carbocycles. The molecule has 0 fully saturated rings. The van der Waals surface area contributed by atoms with Crippen LogP contribution in [0.25, 0.3) is 6.08 Å². The summed E-state index contributed by atoms with van der Waals surface area (Å²) in [4.78, 5) is 10.5. The van der Waals surface area contributed by atoms with Crippen LogP contribution in [0.1, 0.15) is 11.1 Å². The summed E-state index contributed by atoms with van der Waals surface area (Å²) in [5.41, 5.74) is 1.53. The number of hydrogen-bond donors (Lipinski definition) is 1. The van der Waals surface area contributed by atoms with Gasteiger partial charge in [-0.3, -0.25) is 0 Å². The van der Waals surface area contributed by atoms with E-state index in [-0.39, 0.29) is 0 Å². The summed E-state index contributed by atoms with van der Waals surface area (Å²) in [6.45, 7) is 1.89. The van der Waals surface area contributed by atoms with E-state index in [0.29, 0.717) is 27.1 Å². The van der Waals surface area contributed by atoms with Crippen molar-refractivity contribution in [3.8, 4) is 11.5 Å². The lowest BCUT2D eigenvalue weighted by Crippen LogP contribution is -1.88. The van der Waals surface area contributed by atoms with Gasteiger partial charge < -0.3 is 9.84 Å². The van der Waals surface area contributed by atoms with Gasteiger partial charge in [-0.1, -0.05) is 23.2 Å². The van der Waals surface area contributed by atoms with Gasteiger partial charge in [-0.15, -0.1) is 0 Å². The fourth-order valence-electron chi connectivity index (χ4n) is 1.68. The quantitative estimate of drug-likeness (QED) is 0.787. The molecule has 0 amide bonds. The zero-order chi connectivity index (χ0) is 15.4. The average Bonchev–Trinajstić information content (AvgIpc) is 2.42. The molecule has 108 valence electrons. The SMILES string of the molecule is Cc1cc(Oc2ccc(/C=C/C(=O)O)c(Cl)c2)ccc1Cl. The molecule has 5 heteroatoms. The summed E-state index contributed by atoms with van der Waals surface area (Å²) in [6.07, 6.45) is 2.46. The van der Waals surface area contributed by atoms with E-state index in [1.807, 2.05) is 13.0 Å². The van der Waals surface area contributed by atoms with E-state index in [1.54, 1.807) is 30.3 Å². The van der Waals surface area contributed by atoms with Crippen molar-refractivity contribution in [3.63, 3.8) is 0 Å². The van der Waals surface area contributed by atoms with Crippen molar-refractivity contribution in [2.24, 2.45) is 0 Å². The fraction of sp³-hybridized carbons (Fsp3) is 0.0625. The number of benzene rings is 2. The highest BCUT2D eigenvalue weighted by molar-refractivity contribution is 6.32. The average molecular weight is 323 g/mol. The van der Waals surface area contributed by atoms with Gasteiger partial charge in [0.05, 0.1) is 5.02 Å². The van der Waals surface area contributed by atoms with Gasteiger partial charge in [0, 0.05) is 11.1 Å². The molecule has 0 aliphatic rings. The molecule has 0 saturated heterocycles. The number of aliphatic carboxylic acids is 1. The van der Waals surface area contributed by atoms with Gasteiger partial charge in [0.1, 0.15) is 11.5 Å². The van der Waals surface area contributed by atoms with Crippen molar-refractivity contribution in [2.75, 3.05) is 0 Å². The number of carboxylic acids is 1. The van der Waals surface area contributed by atoms with Gasteiger partial charge in [-0.25, -0.2) is 4.79 Å². The second-order valence-corrected chi connectivity index (χ2v) is 5.18. The van der Waals surface area contributed by atoms with Crippen molar-refractivity contribution < 1.29 is 14.6 Å². The van der Waals surface area contributed by atoms with E-state index < -0.39 is 5.97 Å². The molecule has 0 aromatic heterocycles. The first kappa shape index (κ1) is 15.4. The van der Waals surface area contributed by atoms with Gasteiger partial charge in [-0.05, 0) is 60.5 Å². The third kappa shape index (κ3) is 4.25. The van der Waals surface area contributed by atoms with E-state index >= 15 is 0 Å². The first-order valence-electron chi connectivity index (χ1n) is 6.10. The van der Waals surface area contributed by atoms with Crippen LogP contribution in [0.5, 0.6) is 11.5 Å². The van der Waals surface area contributed by atoms with Gasteiger partial charge >= 0.3 is 5.97 Å². The van der Waals surface area contributed by atoms with Gasteiger partial charge in [0.15, 0.2) is 0 Å². The first-order valence-corrected chi connectivity index (χ1v) is 6.86. The highest BCUT2D eigenvalue weighted by Crippen LogP contribution is 2.29. The number of aryl methyl sites for hydroxylation is 1. The number of halogens is 2. The second-order valence-electron chi connectivity index (χ2n) is 4.37. The Hall–Kier alpha value is -1.97. The maximum atomic E-state index is 10.5. The molecule has 2 aromatic rings.